The summed E-state index contributed by atoms with van der Waals surface area (Å²) in [5, 5.41) is 23.9. The first-order valence-corrected chi connectivity index (χ1v) is 13.5. The molecule has 6 nitrogen and oxygen atoms in total. The van der Waals surface area contributed by atoms with E-state index in [2.05, 4.69) is 21.7 Å². The molecule has 0 spiro atoms. The molecule has 1 aliphatic rings. The number of benzene rings is 1. The van der Waals surface area contributed by atoms with Crippen LogP contribution in [0.2, 0.25) is 5.02 Å². The van der Waals surface area contributed by atoms with E-state index in [1.807, 2.05) is 35.7 Å². The van der Waals surface area contributed by atoms with Gasteiger partial charge in [0.15, 0.2) is 0 Å². The van der Waals surface area contributed by atoms with Gasteiger partial charge in [-0.3, -0.25) is 14.7 Å². The summed E-state index contributed by atoms with van der Waals surface area (Å²) in [5.74, 6) is 6.95. The number of pyridine rings is 1. The van der Waals surface area contributed by atoms with E-state index in [0.717, 1.165) is 53.0 Å². The van der Waals surface area contributed by atoms with Gasteiger partial charge in [0.05, 0.1) is 35.2 Å². The Labute approximate surface area is 220 Å². The number of carbonyl (C=O) groups is 1. The summed E-state index contributed by atoms with van der Waals surface area (Å²) in [5.41, 5.74) is 1.67. The van der Waals surface area contributed by atoms with Crippen LogP contribution < -0.4 is 4.74 Å². The number of thiophene rings is 1. The average molecular weight is 527 g/mol. The molecule has 1 aromatic carbocycles. The molecule has 0 saturated carbocycles. The van der Waals surface area contributed by atoms with Crippen molar-refractivity contribution in [2.45, 2.75) is 38.2 Å². The number of rotatable bonds is 9. The number of aliphatic hydroxyl groups is 1. The summed E-state index contributed by atoms with van der Waals surface area (Å²) in [6, 6.07) is 9.40. The molecular weight excluding hydrogens is 496 g/mol. The van der Waals surface area contributed by atoms with Crippen molar-refractivity contribution >= 4 is 39.8 Å². The molecule has 1 fully saturated rings. The number of carboxylic acid groups (broad SMARTS) is 1. The van der Waals surface area contributed by atoms with Gasteiger partial charge in [-0.05, 0) is 85.3 Å². The Hall–Kier alpha value is -2.63. The molecule has 1 aliphatic heterocycles. The molecule has 4 rings (SSSR count). The van der Waals surface area contributed by atoms with Gasteiger partial charge >= 0.3 is 5.97 Å². The number of aliphatic carboxylic acids is 1. The van der Waals surface area contributed by atoms with Gasteiger partial charge in [-0.2, -0.15) is 0 Å². The van der Waals surface area contributed by atoms with E-state index in [-0.39, 0.29) is 12.3 Å². The summed E-state index contributed by atoms with van der Waals surface area (Å²) in [6.45, 7) is 2.36. The Kier molecular flexibility index (Phi) is 9.22. The van der Waals surface area contributed by atoms with E-state index in [0.29, 0.717) is 30.3 Å². The van der Waals surface area contributed by atoms with Gasteiger partial charge in [-0.25, -0.2) is 0 Å². The topological polar surface area (TPSA) is 82.9 Å². The van der Waals surface area contributed by atoms with E-state index < -0.39 is 12.1 Å². The fourth-order valence-corrected chi connectivity index (χ4v) is 5.99. The summed E-state index contributed by atoms with van der Waals surface area (Å²) in [7, 11) is 1.63. The Morgan fingerprint density at radius 2 is 2.17 bits per heavy atom. The lowest BCUT2D eigenvalue weighted by atomic mass is 9.79. The van der Waals surface area contributed by atoms with Crippen molar-refractivity contribution in [2.24, 2.45) is 11.8 Å². The lowest BCUT2D eigenvalue weighted by Gasteiger charge is -2.38. The first kappa shape index (κ1) is 26.4. The highest BCUT2D eigenvalue weighted by molar-refractivity contribution is 7.11. The molecule has 190 valence electrons. The molecule has 36 heavy (non-hydrogen) atoms. The van der Waals surface area contributed by atoms with Crippen LogP contribution in [0, 0.1) is 23.7 Å². The summed E-state index contributed by atoms with van der Waals surface area (Å²) in [6.07, 6.45) is 4.30. The van der Waals surface area contributed by atoms with E-state index in [4.69, 9.17) is 16.3 Å². The third kappa shape index (κ3) is 6.77. The SMILES string of the molecule is COc1ccc2nccc([C@H](O)CC[C@@H]3CCN(CC#Cc4sccc4Cl)C[C@H]3CCC(=O)O)c2c1. The highest BCUT2D eigenvalue weighted by atomic mass is 35.5. The van der Waals surface area contributed by atoms with Gasteiger partial charge in [0.1, 0.15) is 5.75 Å². The van der Waals surface area contributed by atoms with Crippen LogP contribution in [0.5, 0.6) is 5.75 Å². The second-order valence-corrected chi connectivity index (χ2v) is 10.6. The summed E-state index contributed by atoms with van der Waals surface area (Å²) < 4.78 is 5.36. The van der Waals surface area contributed by atoms with E-state index in [9.17, 15) is 15.0 Å². The second kappa shape index (κ2) is 12.6. The highest BCUT2D eigenvalue weighted by Gasteiger charge is 2.30. The predicted octanol–water partition coefficient (Wildman–Crippen LogP) is 5.63. The van der Waals surface area contributed by atoms with Crippen LogP contribution in [0.1, 0.15) is 48.6 Å². The maximum atomic E-state index is 11.3. The number of fused-ring (bicyclic) bond motifs is 1. The lowest BCUT2D eigenvalue weighted by molar-refractivity contribution is -0.137. The summed E-state index contributed by atoms with van der Waals surface area (Å²) in [4.78, 5) is 18.9. The van der Waals surface area contributed by atoms with Gasteiger partial charge in [0.2, 0.25) is 0 Å². The number of methoxy groups -OCH3 is 1. The van der Waals surface area contributed by atoms with Crippen LogP contribution in [0.3, 0.4) is 0 Å². The Bertz CT molecular complexity index is 1250. The van der Waals surface area contributed by atoms with Crippen molar-refractivity contribution in [1.29, 1.82) is 0 Å². The smallest absolute Gasteiger partial charge is 0.303 e. The van der Waals surface area contributed by atoms with Crippen LogP contribution in [0.25, 0.3) is 10.9 Å². The first-order chi connectivity index (χ1) is 17.4. The van der Waals surface area contributed by atoms with Crippen molar-refractivity contribution in [2.75, 3.05) is 26.7 Å². The van der Waals surface area contributed by atoms with Crippen LogP contribution in [0.15, 0.2) is 41.9 Å². The van der Waals surface area contributed by atoms with Gasteiger partial charge < -0.3 is 14.9 Å². The molecule has 0 amide bonds. The zero-order valence-corrected chi connectivity index (χ0v) is 21.9. The zero-order chi connectivity index (χ0) is 25.5. The largest absolute Gasteiger partial charge is 0.497 e. The molecule has 2 N–H and O–H groups in total. The molecule has 0 aliphatic carbocycles. The number of carboxylic acids is 1. The van der Waals surface area contributed by atoms with E-state index in [1.54, 1.807) is 13.3 Å². The first-order valence-electron chi connectivity index (χ1n) is 12.2. The molecule has 2 aromatic heterocycles. The molecule has 0 radical (unpaired) electrons. The standard InChI is InChI=1S/C28H31ClN2O4S/c1-35-21-6-7-25-23(17-21)22(10-13-30-25)26(32)8-4-19-11-15-31(18-20(19)5-9-28(33)34)14-2-3-27-24(29)12-16-36-27/h6-7,10,12-13,16-17,19-20,26,32H,4-5,8-9,11,14-15,18H2,1H3,(H,33,34)/t19-,20-,26-/m1/s1. The number of hydrogen-bond donors (Lipinski definition) is 2. The zero-order valence-electron chi connectivity index (χ0n) is 20.3. The minimum absolute atomic E-state index is 0.156. The maximum Gasteiger partial charge on any atom is 0.303 e. The van der Waals surface area contributed by atoms with Gasteiger partial charge in [0.25, 0.3) is 0 Å². The van der Waals surface area contributed by atoms with Crippen molar-refractivity contribution in [3.8, 4) is 17.6 Å². The van der Waals surface area contributed by atoms with E-state index in [1.165, 1.54) is 11.3 Å². The maximum absolute atomic E-state index is 11.3. The molecular formula is C28H31ClN2O4S. The van der Waals surface area contributed by atoms with Crippen LogP contribution >= 0.6 is 22.9 Å². The third-order valence-electron chi connectivity index (χ3n) is 6.98. The highest BCUT2D eigenvalue weighted by Crippen LogP contribution is 2.35. The summed E-state index contributed by atoms with van der Waals surface area (Å²) >= 11 is 7.67. The third-order valence-corrected chi connectivity index (χ3v) is 8.24. The number of aromatic nitrogens is 1. The molecule has 3 heterocycles. The number of halogens is 1. The Morgan fingerprint density at radius 1 is 1.31 bits per heavy atom. The molecule has 0 unspecified atom stereocenters. The quantitative estimate of drug-likeness (QED) is 0.352. The fourth-order valence-electron chi connectivity index (χ4n) is 5.02. The normalized spacial score (nSPS) is 19.0. The molecule has 0 bridgehead atoms. The van der Waals surface area contributed by atoms with Gasteiger partial charge in [-0.15, -0.1) is 11.3 Å². The Morgan fingerprint density at radius 3 is 2.92 bits per heavy atom. The number of nitrogens with zero attached hydrogens (tertiary/aromatic N) is 2. The molecule has 1 saturated heterocycles. The number of ether oxygens (including phenoxy) is 1. The number of aliphatic hydroxyl groups excluding tert-OH is 1. The number of piperidine rings is 1. The second-order valence-electron chi connectivity index (χ2n) is 9.25. The lowest BCUT2D eigenvalue weighted by Crippen LogP contribution is -2.41. The van der Waals surface area contributed by atoms with E-state index >= 15 is 0 Å². The van der Waals surface area contributed by atoms with Crippen LogP contribution in [-0.2, 0) is 4.79 Å². The van der Waals surface area contributed by atoms with Crippen molar-refractivity contribution in [3.05, 3.63) is 57.4 Å². The fraction of sp³-hybridized carbons (Fsp3) is 0.429. The average Bonchev–Trinajstić information content (AvgIpc) is 3.30. The number of likely N-dealkylation sites (tertiary alicyclic amines) is 1. The molecule has 3 aromatic rings. The minimum Gasteiger partial charge on any atom is -0.497 e. The van der Waals surface area contributed by atoms with Gasteiger partial charge in [0, 0.05) is 24.5 Å². The number of hydrogen-bond acceptors (Lipinski definition) is 6. The van der Waals surface area contributed by atoms with Crippen molar-refractivity contribution < 1.29 is 19.7 Å². The van der Waals surface area contributed by atoms with Crippen molar-refractivity contribution in [3.63, 3.8) is 0 Å². The molecule has 8 heteroatoms. The van der Waals surface area contributed by atoms with Crippen molar-refractivity contribution in [1.82, 2.24) is 9.88 Å². The molecule has 3 atom stereocenters. The van der Waals surface area contributed by atoms with Gasteiger partial charge in [-0.1, -0.05) is 23.4 Å². The predicted molar refractivity (Wildman–Crippen MR) is 144 cm³/mol. The minimum atomic E-state index is -0.768. The Balaban J connectivity index is 1.40. The monoisotopic (exact) mass is 526 g/mol. The van der Waals surface area contributed by atoms with Crippen LogP contribution in [0.4, 0.5) is 0 Å². The van der Waals surface area contributed by atoms with Crippen LogP contribution in [-0.4, -0.2) is 52.8 Å².